The van der Waals surface area contributed by atoms with Crippen LogP contribution in [0.1, 0.15) is 52.8 Å². The zero-order valence-electron chi connectivity index (χ0n) is 16.6. The maximum atomic E-state index is 13.0. The monoisotopic (exact) mass is 415 g/mol. The molecule has 0 saturated carbocycles. The predicted octanol–water partition coefficient (Wildman–Crippen LogP) is 0.0534. The van der Waals surface area contributed by atoms with E-state index in [2.05, 4.69) is 20.9 Å². The molecule has 160 valence electrons. The first-order valence-electron chi connectivity index (χ1n) is 10.3. The highest BCUT2D eigenvalue weighted by atomic mass is 16.5. The predicted molar refractivity (Wildman–Crippen MR) is 106 cm³/mol. The first-order chi connectivity index (χ1) is 14.6. The van der Waals surface area contributed by atoms with E-state index in [1.807, 2.05) is 0 Å². The summed E-state index contributed by atoms with van der Waals surface area (Å²) in [4.78, 5) is 54.5. The molecule has 2 saturated heterocycles. The highest BCUT2D eigenvalue weighted by Crippen LogP contribution is 2.31. The van der Waals surface area contributed by atoms with Crippen molar-refractivity contribution in [3.63, 3.8) is 0 Å². The van der Waals surface area contributed by atoms with E-state index in [4.69, 9.17) is 4.74 Å². The second-order valence-electron chi connectivity index (χ2n) is 7.63. The van der Waals surface area contributed by atoms with Crippen molar-refractivity contribution in [3.8, 4) is 0 Å². The van der Waals surface area contributed by atoms with Crippen LogP contribution in [-0.2, 0) is 14.3 Å². The lowest BCUT2D eigenvalue weighted by Gasteiger charge is -2.27. The number of hydrogen-bond acceptors (Lipinski definition) is 8. The number of anilines is 1. The summed E-state index contributed by atoms with van der Waals surface area (Å²) in [6.07, 6.45) is 4.71. The largest absolute Gasteiger partial charge is 0.378 e. The molecule has 4 rings (SSSR count). The van der Waals surface area contributed by atoms with E-state index >= 15 is 0 Å². The van der Waals surface area contributed by atoms with Crippen LogP contribution < -0.4 is 16.0 Å². The lowest BCUT2D eigenvalue weighted by molar-refractivity contribution is -0.136. The summed E-state index contributed by atoms with van der Waals surface area (Å²) in [6, 6.07) is 0.494. The minimum Gasteiger partial charge on any atom is -0.378 e. The van der Waals surface area contributed by atoms with Crippen LogP contribution in [0.25, 0.3) is 0 Å². The van der Waals surface area contributed by atoms with Gasteiger partial charge in [-0.05, 0) is 44.8 Å². The molecule has 0 radical (unpaired) electrons. The minimum atomic E-state index is -0.985. The van der Waals surface area contributed by atoms with Crippen molar-refractivity contribution < 1.29 is 23.9 Å². The number of nitrogens with one attached hydrogen (secondary N) is 3. The molecule has 10 heteroatoms. The summed E-state index contributed by atoms with van der Waals surface area (Å²) >= 11 is 0. The average molecular weight is 415 g/mol. The number of hydrogen-bond donors (Lipinski definition) is 3. The molecule has 0 aliphatic carbocycles. The lowest BCUT2D eigenvalue weighted by atomic mass is 10.0. The van der Waals surface area contributed by atoms with Crippen molar-refractivity contribution in [2.75, 3.05) is 31.6 Å². The first kappa shape index (κ1) is 20.4. The number of aromatic nitrogens is 1. The molecule has 0 spiro atoms. The Morgan fingerprint density at radius 2 is 1.93 bits per heavy atom. The number of imide groups is 2. The van der Waals surface area contributed by atoms with Gasteiger partial charge in [0.2, 0.25) is 11.8 Å². The van der Waals surface area contributed by atoms with Gasteiger partial charge in [0, 0.05) is 25.8 Å². The van der Waals surface area contributed by atoms with Crippen molar-refractivity contribution in [1.29, 1.82) is 0 Å². The zero-order chi connectivity index (χ0) is 21.1. The van der Waals surface area contributed by atoms with Gasteiger partial charge < -0.3 is 15.4 Å². The van der Waals surface area contributed by atoms with Crippen molar-refractivity contribution in [2.45, 2.75) is 44.2 Å². The maximum Gasteiger partial charge on any atom is 0.266 e. The van der Waals surface area contributed by atoms with Crippen molar-refractivity contribution in [2.24, 2.45) is 0 Å². The Morgan fingerprint density at radius 3 is 2.70 bits per heavy atom. The van der Waals surface area contributed by atoms with Crippen LogP contribution in [0.15, 0.2) is 12.3 Å². The van der Waals surface area contributed by atoms with Gasteiger partial charge in [-0.3, -0.25) is 29.4 Å². The number of ether oxygens (including phenoxy) is 1. The van der Waals surface area contributed by atoms with Crippen molar-refractivity contribution in [1.82, 2.24) is 20.5 Å². The number of carbonyl (C=O) groups excluding carboxylic acids is 4. The smallest absolute Gasteiger partial charge is 0.266 e. The summed E-state index contributed by atoms with van der Waals surface area (Å²) in [5, 5.41) is 8.60. The molecule has 0 aromatic carbocycles. The third-order valence-electron chi connectivity index (χ3n) is 5.61. The Balaban J connectivity index is 1.38. The molecule has 0 bridgehead atoms. The van der Waals surface area contributed by atoms with Gasteiger partial charge in [0.05, 0.1) is 17.2 Å². The van der Waals surface area contributed by atoms with Gasteiger partial charge in [-0.25, -0.2) is 4.98 Å². The molecular formula is C20H25N5O5. The van der Waals surface area contributed by atoms with Gasteiger partial charge in [0.15, 0.2) is 0 Å². The number of pyridine rings is 1. The zero-order valence-corrected chi connectivity index (χ0v) is 16.6. The number of amides is 4. The quantitative estimate of drug-likeness (QED) is 0.421. The van der Waals surface area contributed by atoms with E-state index in [1.165, 1.54) is 12.3 Å². The minimum absolute atomic E-state index is 0.0875. The molecule has 1 aromatic heterocycles. The Bertz CT molecular complexity index is 867. The SMILES string of the molecule is O=C1CCC(N2C(=O)c3ccnc(NCCCOC4CCNCC4)c3C2=O)C(=O)N1. The average Bonchev–Trinajstić information content (AvgIpc) is 3.00. The highest BCUT2D eigenvalue weighted by molar-refractivity contribution is 6.25. The second-order valence-corrected chi connectivity index (χ2v) is 7.63. The standard InChI is InChI=1S/C20H25N5O5/c26-15-3-2-14(18(27)24-15)25-19(28)13-6-10-23-17(16(13)20(25)29)22-7-1-11-30-12-4-8-21-9-5-12/h6,10,12,14,21H,1-5,7-9,11H2,(H,22,23)(H,24,26,27). The number of carbonyl (C=O) groups is 4. The fourth-order valence-corrected chi connectivity index (χ4v) is 4.04. The summed E-state index contributed by atoms with van der Waals surface area (Å²) in [7, 11) is 0. The maximum absolute atomic E-state index is 13.0. The van der Waals surface area contributed by atoms with Crippen LogP contribution in [0, 0.1) is 0 Å². The van der Waals surface area contributed by atoms with Crippen LogP contribution in [0.4, 0.5) is 5.82 Å². The Labute approximate surface area is 173 Å². The van der Waals surface area contributed by atoms with E-state index in [-0.39, 0.29) is 30.1 Å². The summed E-state index contributed by atoms with van der Waals surface area (Å²) in [5.74, 6) is -1.81. The van der Waals surface area contributed by atoms with Crippen LogP contribution >= 0.6 is 0 Å². The third-order valence-corrected chi connectivity index (χ3v) is 5.61. The molecule has 4 amide bonds. The molecule has 2 fully saturated rings. The van der Waals surface area contributed by atoms with E-state index < -0.39 is 29.7 Å². The van der Waals surface area contributed by atoms with Crippen LogP contribution in [0.5, 0.6) is 0 Å². The lowest BCUT2D eigenvalue weighted by Crippen LogP contribution is -2.54. The molecule has 3 aliphatic rings. The number of piperidine rings is 2. The number of fused-ring (bicyclic) bond motifs is 1. The van der Waals surface area contributed by atoms with Gasteiger partial charge in [-0.1, -0.05) is 0 Å². The molecular weight excluding hydrogens is 390 g/mol. The Hall–Kier alpha value is -2.85. The summed E-state index contributed by atoms with van der Waals surface area (Å²) in [5.41, 5.74) is 0.389. The van der Waals surface area contributed by atoms with Gasteiger partial charge in [0.1, 0.15) is 11.9 Å². The van der Waals surface area contributed by atoms with Crippen LogP contribution in [0.2, 0.25) is 0 Å². The topological polar surface area (TPSA) is 130 Å². The fourth-order valence-electron chi connectivity index (χ4n) is 4.04. The van der Waals surface area contributed by atoms with Crippen molar-refractivity contribution >= 4 is 29.4 Å². The molecule has 1 unspecified atom stereocenters. The summed E-state index contributed by atoms with van der Waals surface area (Å²) in [6.45, 7) is 3.09. The van der Waals surface area contributed by atoms with Gasteiger partial charge >= 0.3 is 0 Å². The van der Waals surface area contributed by atoms with Gasteiger partial charge in [-0.15, -0.1) is 0 Å². The third kappa shape index (κ3) is 4.05. The normalized spacial score (nSPS) is 22.3. The first-order valence-corrected chi connectivity index (χ1v) is 10.3. The second kappa shape index (κ2) is 8.88. The molecule has 30 heavy (non-hydrogen) atoms. The fraction of sp³-hybridized carbons (Fsp3) is 0.550. The summed E-state index contributed by atoms with van der Waals surface area (Å²) < 4.78 is 5.87. The van der Waals surface area contributed by atoms with Gasteiger partial charge in [-0.2, -0.15) is 0 Å². The van der Waals surface area contributed by atoms with Crippen LogP contribution in [-0.4, -0.2) is 71.9 Å². The Morgan fingerprint density at radius 1 is 1.13 bits per heavy atom. The molecule has 4 heterocycles. The molecule has 1 aromatic rings. The Kier molecular flexibility index (Phi) is 6.05. The van der Waals surface area contributed by atoms with Crippen LogP contribution in [0.3, 0.4) is 0 Å². The molecule has 1 atom stereocenters. The highest BCUT2D eigenvalue weighted by Gasteiger charge is 2.45. The van der Waals surface area contributed by atoms with Gasteiger partial charge in [0.25, 0.3) is 11.8 Å². The van der Waals surface area contributed by atoms with E-state index in [9.17, 15) is 19.2 Å². The number of rotatable bonds is 7. The van der Waals surface area contributed by atoms with Crippen molar-refractivity contribution in [3.05, 3.63) is 23.4 Å². The van der Waals surface area contributed by atoms with E-state index in [0.29, 0.717) is 19.0 Å². The number of nitrogens with zero attached hydrogens (tertiary/aromatic N) is 2. The molecule has 3 aliphatic heterocycles. The van der Waals surface area contributed by atoms with E-state index in [1.54, 1.807) is 0 Å². The molecule has 10 nitrogen and oxygen atoms in total. The molecule has 3 N–H and O–H groups in total. The van der Waals surface area contributed by atoms with E-state index in [0.717, 1.165) is 37.3 Å².